The van der Waals surface area contributed by atoms with Crippen LogP contribution in [0.4, 0.5) is 5.69 Å². The molecule has 1 aliphatic heterocycles. The van der Waals surface area contributed by atoms with Gasteiger partial charge in [-0.25, -0.2) is 4.98 Å². The van der Waals surface area contributed by atoms with E-state index in [1.807, 2.05) is 18.2 Å². The van der Waals surface area contributed by atoms with Gasteiger partial charge >= 0.3 is 0 Å². The molecule has 4 nitrogen and oxygen atoms in total. The van der Waals surface area contributed by atoms with E-state index in [1.54, 1.807) is 0 Å². The molecule has 1 atom stereocenters. The maximum absolute atomic E-state index is 5.85. The molecule has 1 aromatic carbocycles. The van der Waals surface area contributed by atoms with Crippen LogP contribution in [0.5, 0.6) is 0 Å². The highest BCUT2D eigenvalue weighted by Gasteiger charge is 2.21. The zero-order valence-electron chi connectivity index (χ0n) is 14.2. The van der Waals surface area contributed by atoms with Crippen molar-refractivity contribution in [2.45, 2.75) is 26.3 Å². The molecule has 24 heavy (non-hydrogen) atoms. The number of imidazole rings is 1. The summed E-state index contributed by atoms with van der Waals surface area (Å²) in [6, 6.07) is 14.2. The first kappa shape index (κ1) is 15.2. The normalized spacial score (nSPS) is 19.0. The fourth-order valence-electron chi connectivity index (χ4n) is 3.71. The Morgan fingerprint density at radius 1 is 1.17 bits per heavy atom. The Morgan fingerprint density at radius 2 is 2.00 bits per heavy atom. The summed E-state index contributed by atoms with van der Waals surface area (Å²) in [5.41, 5.74) is 11.1. The van der Waals surface area contributed by atoms with Crippen molar-refractivity contribution in [3.63, 3.8) is 0 Å². The van der Waals surface area contributed by atoms with E-state index < -0.39 is 0 Å². The lowest BCUT2D eigenvalue weighted by molar-refractivity contribution is 0.174. The third-order valence-electron chi connectivity index (χ3n) is 4.93. The van der Waals surface area contributed by atoms with E-state index in [1.165, 1.54) is 31.6 Å². The molecule has 2 N–H and O–H groups in total. The lowest BCUT2D eigenvalue weighted by Crippen LogP contribution is -2.34. The molecule has 0 amide bonds. The number of anilines is 1. The van der Waals surface area contributed by atoms with Gasteiger partial charge in [0.1, 0.15) is 5.65 Å². The van der Waals surface area contributed by atoms with Crippen molar-refractivity contribution in [3.05, 3.63) is 54.4 Å². The Balaban J connectivity index is 1.76. The Kier molecular flexibility index (Phi) is 3.98. The SMILES string of the molecule is CC1CCCN(Cc2c(-c3ccc(N)cc3)nc3ccccn23)C1. The molecule has 1 aliphatic rings. The highest BCUT2D eigenvalue weighted by molar-refractivity contribution is 5.68. The first-order chi connectivity index (χ1) is 11.7. The van der Waals surface area contributed by atoms with Crippen LogP contribution in [-0.4, -0.2) is 27.4 Å². The Labute approximate surface area is 142 Å². The molecule has 1 unspecified atom stereocenters. The second-order valence-corrected chi connectivity index (χ2v) is 6.94. The molecule has 0 saturated carbocycles. The monoisotopic (exact) mass is 320 g/mol. The van der Waals surface area contributed by atoms with Gasteiger partial charge in [-0.15, -0.1) is 0 Å². The van der Waals surface area contributed by atoms with Crippen molar-refractivity contribution in [1.82, 2.24) is 14.3 Å². The lowest BCUT2D eigenvalue weighted by Gasteiger charge is -2.30. The highest BCUT2D eigenvalue weighted by atomic mass is 15.2. The summed E-state index contributed by atoms with van der Waals surface area (Å²) in [7, 11) is 0. The van der Waals surface area contributed by atoms with Crippen molar-refractivity contribution >= 4 is 11.3 Å². The molecule has 3 aromatic rings. The molecule has 124 valence electrons. The topological polar surface area (TPSA) is 46.6 Å². The van der Waals surface area contributed by atoms with Gasteiger partial charge in [-0.2, -0.15) is 0 Å². The number of nitrogens with two attached hydrogens (primary N) is 1. The van der Waals surface area contributed by atoms with Gasteiger partial charge < -0.3 is 10.1 Å². The molecule has 4 heteroatoms. The van der Waals surface area contributed by atoms with E-state index in [9.17, 15) is 0 Å². The number of piperidine rings is 1. The van der Waals surface area contributed by atoms with E-state index >= 15 is 0 Å². The summed E-state index contributed by atoms with van der Waals surface area (Å²) in [4.78, 5) is 7.45. The lowest BCUT2D eigenvalue weighted by atomic mass is 10.00. The summed E-state index contributed by atoms with van der Waals surface area (Å²) in [5, 5.41) is 0. The molecule has 1 saturated heterocycles. The van der Waals surface area contributed by atoms with E-state index in [2.05, 4.69) is 46.7 Å². The molecule has 0 aliphatic carbocycles. The van der Waals surface area contributed by atoms with Gasteiger partial charge in [0.25, 0.3) is 0 Å². The fourth-order valence-corrected chi connectivity index (χ4v) is 3.71. The maximum atomic E-state index is 5.85. The molecular formula is C20H24N4. The summed E-state index contributed by atoms with van der Waals surface area (Å²) >= 11 is 0. The zero-order chi connectivity index (χ0) is 16.5. The molecule has 2 aromatic heterocycles. The maximum Gasteiger partial charge on any atom is 0.137 e. The minimum atomic E-state index is 0.776. The molecule has 0 bridgehead atoms. The Bertz CT molecular complexity index is 834. The van der Waals surface area contributed by atoms with Crippen LogP contribution in [0.15, 0.2) is 48.7 Å². The first-order valence-electron chi connectivity index (χ1n) is 8.75. The molecule has 3 heterocycles. The summed E-state index contributed by atoms with van der Waals surface area (Å²) < 4.78 is 2.23. The van der Waals surface area contributed by atoms with Crippen molar-refractivity contribution in [2.75, 3.05) is 18.8 Å². The van der Waals surface area contributed by atoms with E-state index in [-0.39, 0.29) is 0 Å². The van der Waals surface area contributed by atoms with Crippen LogP contribution < -0.4 is 5.73 Å². The van der Waals surface area contributed by atoms with Gasteiger partial charge in [0.05, 0.1) is 11.4 Å². The van der Waals surface area contributed by atoms with Crippen LogP contribution in [0.3, 0.4) is 0 Å². The number of nitrogen functional groups attached to an aromatic ring is 1. The number of nitrogens with zero attached hydrogens (tertiary/aromatic N) is 3. The fraction of sp³-hybridized carbons (Fsp3) is 0.350. The number of benzene rings is 1. The Hall–Kier alpha value is -2.33. The molecule has 0 spiro atoms. The standard InChI is InChI=1S/C20H24N4/c1-15-5-4-11-23(13-15)14-18-20(16-7-9-17(21)10-8-16)22-19-6-2-3-12-24(18)19/h2-3,6-10,12,15H,4-5,11,13-14,21H2,1H3. The van der Waals surface area contributed by atoms with Crippen LogP contribution in [-0.2, 0) is 6.54 Å². The van der Waals surface area contributed by atoms with Crippen LogP contribution in [0.1, 0.15) is 25.5 Å². The van der Waals surface area contributed by atoms with Crippen LogP contribution >= 0.6 is 0 Å². The van der Waals surface area contributed by atoms with Crippen LogP contribution in [0.2, 0.25) is 0 Å². The number of rotatable bonds is 3. The first-order valence-corrected chi connectivity index (χ1v) is 8.75. The predicted molar refractivity (Wildman–Crippen MR) is 98.7 cm³/mol. The highest BCUT2D eigenvalue weighted by Crippen LogP contribution is 2.27. The summed E-state index contributed by atoms with van der Waals surface area (Å²) in [6.45, 7) is 5.63. The van der Waals surface area contributed by atoms with E-state index in [0.717, 1.165) is 35.1 Å². The third kappa shape index (κ3) is 2.89. The second kappa shape index (κ2) is 6.29. The van der Waals surface area contributed by atoms with Crippen LogP contribution in [0.25, 0.3) is 16.9 Å². The van der Waals surface area contributed by atoms with Gasteiger partial charge in [0, 0.05) is 30.5 Å². The zero-order valence-corrected chi connectivity index (χ0v) is 14.2. The number of aromatic nitrogens is 2. The smallest absolute Gasteiger partial charge is 0.137 e. The number of fused-ring (bicyclic) bond motifs is 1. The average Bonchev–Trinajstić information content (AvgIpc) is 2.94. The summed E-state index contributed by atoms with van der Waals surface area (Å²) in [6.07, 6.45) is 4.75. The van der Waals surface area contributed by atoms with Crippen LogP contribution in [0, 0.1) is 5.92 Å². The number of pyridine rings is 1. The van der Waals surface area contributed by atoms with Crippen molar-refractivity contribution in [3.8, 4) is 11.3 Å². The van der Waals surface area contributed by atoms with Gasteiger partial charge in [0.15, 0.2) is 0 Å². The van der Waals surface area contributed by atoms with E-state index in [0.29, 0.717) is 0 Å². The molecule has 1 fully saturated rings. The quantitative estimate of drug-likeness (QED) is 0.746. The number of hydrogen-bond donors (Lipinski definition) is 1. The van der Waals surface area contributed by atoms with Gasteiger partial charge in [-0.3, -0.25) is 4.90 Å². The minimum absolute atomic E-state index is 0.776. The Morgan fingerprint density at radius 3 is 2.79 bits per heavy atom. The summed E-state index contributed by atoms with van der Waals surface area (Å²) in [5.74, 6) is 0.776. The minimum Gasteiger partial charge on any atom is -0.399 e. The van der Waals surface area contributed by atoms with Crippen molar-refractivity contribution < 1.29 is 0 Å². The average molecular weight is 320 g/mol. The number of likely N-dealkylation sites (tertiary alicyclic amines) is 1. The van der Waals surface area contributed by atoms with Gasteiger partial charge in [0.2, 0.25) is 0 Å². The van der Waals surface area contributed by atoms with Crippen molar-refractivity contribution in [1.29, 1.82) is 0 Å². The predicted octanol–water partition coefficient (Wildman–Crippen LogP) is 3.82. The largest absolute Gasteiger partial charge is 0.399 e. The molecule has 0 radical (unpaired) electrons. The van der Waals surface area contributed by atoms with Gasteiger partial charge in [-0.05, 0) is 49.6 Å². The molecule has 4 rings (SSSR count). The van der Waals surface area contributed by atoms with Gasteiger partial charge in [-0.1, -0.05) is 25.1 Å². The van der Waals surface area contributed by atoms with E-state index in [4.69, 9.17) is 10.7 Å². The number of hydrogen-bond acceptors (Lipinski definition) is 3. The molecular weight excluding hydrogens is 296 g/mol. The van der Waals surface area contributed by atoms with Crippen molar-refractivity contribution in [2.24, 2.45) is 5.92 Å². The third-order valence-corrected chi connectivity index (χ3v) is 4.93. The second-order valence-electron chi connectivity index (χ2n) is 6.94.